The van der Waals surface area contributed by atoms with Crippen molar-refractivity contribution in [2.45, 2.75) is 19.4 Å². The number of nitrogens with zero attached hydrogens (tertiary/aromatic N) is 2. The van der Waals surface area contributed by atoms with Crippen molar-refractivity contribution in [3.05, 3.63) is 18.2 Å². The van der Waals surface area contributed by atoms with Crippen molar-refractivity contribution in [1.29, 1.82) is 0 Å². The molecule has 2 amide bonds. The third kappa shape index (κ3) is 3.46. The maximum absolute atomic E-state index is 12.8. The van der Waals surface area contributed by atoms with Crippen molar-refractivity contribution in [2.24, 2.45) is 5.92 Å². The summed E-state index contributed by atoms with van der Waals surface area (Å²) in [6.45, 7) is 5.75. The van der Waals surface area contributed by atoms with Crippen molar-refractivity contribution < 1.29 is 19.1 Å². The predicted octanol–water partition coefficient (Wildman–Crippen LogP) is 1.05. The van der Waals surface area contributed by atoms with E-state index in [9.17, 15) is 9.59 Å². The van der Waals surface area contributed by atoms with Crippen molar-refractivity contribution in [3.63, 3.8) is 0 Å². The number of carbonyl (C=O) groups is 2. The molecule has 1 N–H and O–H groups in total. The van der Waals surface area contributed by atoms with Gasteiger partial charge in [-0.05, 0) is 25.5 Å². The topological polar surface area (TPSA) is 71.1 Å². The number of amides is 2. The summed E-state index contributed by atoms with van der Waals surface area (Å²) in [6, 6.07) is 5.77. The zero-order valence-corrected chi connectivity index (χ0v) is 15.6. The minimum Gasteiger partial charge on any atom is -0.486 e. The van der Waals surface area contributed by atoms with Crippen molar-refractivity contribution in [1.82, 2.24) is 10.2 Å². The summed E-state index contributed by atoms with van der Waals surface area (Å²) in [5.41, 5.74) is 0.762. The molecule has 2 atom stereocenters. The van der Waals surface area contributed by atoms with Crippen LogP contribution in [0.15, 0.2) is 18.2 Å². The maximum atomic E-state index is 12.8. The van der Waals surface area contributed by atoms with Crippen LogP contribution in [0, 0.1) is 5.92 Å². The first-order valence-corrected chi connectivity index (χ1v) is 8.86. The molecule has 0 saturated carbocycles. The minimum absolute atomic E-state index is 0. The van der Waals surface area contributed by atoms with Crippen LogP contribution in [0.25, 0.3) is 0 Å². The van der Waals surface area contributed by atoms with E-state index in [1.54, 1.807) is 4.90 Å². The van der Waals surface area contributed by atoms with E-state index < -0.39 is 5.92 Å². The first-order valence-electron chi connectivity index (χ1n) is 8.86. The molecule has 26 heavy (non-hydrogen) atoms. The van der Waals surface area contributed by atoms with Crippen molar-refractivity contribution >= 4 is 29.9 Å². The van der Waals surface area contributed by atoms with E-state index >= 15 is 0 Å². The summed E-state index contributed by atoms with van der Waals surface area (Å²) in [6.07, 6.45) is 0.560. The Morgan fingerprint density at radius 1 is 1.19 bits per heavy atom. The molecule has 3 aliphatic rings. The van der Waals surface area contributed by atoms with Crippen LogP contribution < -0.4 is 19.7 Å². The lowest BCUT2D eigenvalue weighted by Crippen LogP contribution is -2.53. The number of hydrogen-bond acceptors (Lipinski definition) is 5. The molecule has 0 bridgehead atoms. The highest BCUT2D eigenvalue weighted by Crippen LogP contribution is 2.36. The molecular formula is C18H24ClN3O4. The van der Waals surface area contributed by atoms with Crippen LogP contribution in [0.2, 0.25) is 0 Å². The summed E-state index contributed by atoms with van der Waals surface area (Å²) in [7, 11) is 0. The van der Waals surface area contributed by atoms with E-state index in [1.165, 1.54) is 0 Å². The summed E-state index contributed by atoms with van der Waals surface area (Å²) < 4.78 is 11.1. The van der Waals surface area contributed by atoms with Crippen LogP contribution in [0.3, 0.4) is 0 Å². The van der Waals surface area contributed by atoms with Gasteiger partial charge in [-0.25, -0.2) is 0 Å². The number of carbonyl (C=O) groups excluding carboxylic acids is 2. The zero-order valence-electron chi connectivity index (χ0n) is 14.8. The van der Waals surface area contributed by atoms with E-state index in [4.69, 9.17) is 9.47 Å². The van der Waals surface area contributed by atoms with Gasteiger partial charge in [-0.2, -0.15) is 0 Å². The summed E-state index contributed by atoms with van der Waals surface area (Å²) >= 11 is 0. The number of nitrogens with one attached hydrogen (secondary N) is 1. The predicted molar refractivity (Wildman–Crippen MR) is 99.2 cm³/mol. The Hall–Kier alpha value is -1.99. The lowest BCUT2D eigenvalue weighted by atomic mass is 10.1. The van der Waals surface area contributed by atoms with Gasteiger partial charge in [0.15, 0.2) is 11.5 Å². The second-order valence-corrected chi connectivity index (χ2v) is 6.80. The fraction of sp³-hybridized carbons (Fsp3) is 0.556. The molecule has 0 aliphatic carbocycles. The normalized spacial score (nSPS) is 25.0. The van der Waals surface area contributed by atoms with Gasteiger partial charge in [-0.1, -0.05) is 0 Å². The van der Waals surface area contributed by atoms with E-state index in [0.29, 0.717) is 50.8 Å². The van der Waals surface area contributed by atoms with Gasteiger partial charge < -0.3 is 24.6 Å². The molecule has 8 heteroatoms. The molecule has 1 aromatic rings. The molecule has 7 nitrogen and oxygen atoms in total. The molecule has 1 aromatic carbocycles. The van der Waals surface area contributed by atoms with E-state index in [-0.39, 0.29) is 30.3 Å². The Morgan fingerprint density at radius 2 is 1.96 bits per heavy atom. The lowest BCUT2D eigenvalue weighted by molar-refractivity contribution is -0.140. The van der Waals surface area contributed by atoms with Gasteiger partial charge in [0.25, 0.3) is 0 Å². The Kier molecular flexibility index (Phi) is 5.58. The van der Waals surface area contributed by atoms with Crippen molar-refractivity contribution in [2.75, 3.05) is 44.3 Å². The molecule has 2 saturated heterocycles. The van der Waals surface area contributed by atoms with Gasteiger partial charge >= 0.3 is 0 Å². The van der Waals surface area contributed by atoms with E-state index in [2.05, 4.69) is 12.2 Å². The van der Waals surface area contributed by atoms with Crippen LogP contribution in [-0.2, 0) is 9.59 Å². The standard InChI is InChI=1S/C18H23N3O4.ClH/c1-12-11-20(7-5-19-12)17(22)14-4-6-21(18(14)23)13-2-3-15-16(10-13)25-9-8-24-15;/h2-3,10,12,14,19H,4-9,11H2,1H3;1H. The smallest absolute Gasteiger partial charge is 0.239 e. The van der Waals surface area contributed by atoms with Crippen LogP contribution in [0.4, 0.5) is 5.69 Å². The number of benzene rings is 1. The maximum Gasteiger partial charge on any atom is 0.239 e. The van der Waals surface area contributed by atoms with Crippen LogP contribution in [-0.4, -0.2) is 62.1 Å². The van der Waals surface area contributed by atoms with Gasteiger partial charge in [0.05, 0.1) is 0 Å². The highest BCUT2D eigenvalue weighted by molar-refractivity contribution is 6.09. The zero-order chi connectivity index (χ0) is 17.4. The average Bonchev–Trinajstić information content (AvgIpc) is 3.02. The first-order chi connectivity index (χ1) is 12.1. The Bertz CT molecular complexity index is 699. The highest BCUT2D eigenvalue weighted by Gasteiger charge is 2.40. The van der Waals surface area contributed by atoms with E-state index in [1.807, 2.05) is 23.1 Å². The van der Waals surface area contributed by atoms with Crippen LogP contribution in [0.1, 0.15) is 13.3 Å². The third-order valence-corrected chi connectivity index (χ3v) is 5.02. The molecule has 3 aliphatic heterocycles. The minimum atomic E-state index is -0.571. The molecule has 0 aromatic heterocycles. The molecule has 142 valence electrons. The Balaban J connectivity index is 0.00000196. The highest BCUT2D eigenvalue weighted by atomic mass is 35.5. The molecule has 0 radical (unpaired) electrons. The number of halogens is 1. The SMILES string of the molecule is CC1CN(C(=O)C2CCN(c3ccc4c(c3)OCCO4)C2=O)CCN1.Cl. The summed E-state index contributed by atoms with van der Waals surface area (Å²) in [4.78, 5) is 29.1. The number of hydrogen-bond donors (Lipinski definition) is 1. The molecular weight excluding hydrogens is 358 g/mol. The van der Waals surface area contributed by atoms with Crippen molar-refractivity contribution in [3.8, 4) is 11.5 Å². The molecule has 0 spiro atoms. The third-order valence-electron chi connectivity index (χ3n) is 5.02. The fourth-order valence-electron chi connectivity index (χ4n) is 3.72. The second-order valence-electron chi connectivity index (χ2n) is 6.80. The van der Waals surface area contributed by atoms with Gasteiger partial charge in [0.1, 0.15) is 19.1 Å². The van der Waals surface area contributed by atoms with Crippen LogP contribution >= 0.6 is 12.4 Å². The number of piperazine rings is 1. The molecule has 2 unspecified atom stereocenters. The average molecular weight is 382 g/mol. The first kappa shape index (κ1) is 18.8. The lowest BCUT2D eigenvalue weighted by Gasteiger charge is -2.33. The van der Waals surface area contributed by atoms with Crippen LogP contribution in [0.5, 0.6) is 11.5 Å². The Labute approximate surface area is 159 Å². The van der Waals surface area contributed by atoms with Gasteiger partial charge in [0.2, 0.25) is 11.8 Å². The number of anilines is 1. The largest absolute Gasteiger partial charge is 0.486 e. The monoisotopic (exact) mass is 381 g/mol. The summed E-state index contributed by atoms with van der Waals surface area (Å²) in [5.74, 6) is 0.621. The molecule has 3 heterocycles. The quantitative estimate of drug-likeness (QED) is 0.775. The van der Waals surface area contributed by atoms with Gasteiger partial charge in [-0.3, -0.25) is 9.59 Å². The molecule has 2 fully saturated rings. The number of ether oxygens (including phenoxy) is 2. The van der Waals surface area contributed by atoms with E-state index in [0.717, 1.165) is 12.2 Å². The molecule has 4 rings (SSSR count). The van der Waals surface area contributed by atoms with Gasteiger partial charge in [-0.15, -0.1) is 12.4 Å². The van der Waals surface area contributed by atoms with Gasteiger partial charge in [0, 0.05) is 44.0 Å². The number of fused-ring (bicyclic) bond motifs is 1. The second kappa shape index (κ2) is 7.72. The summed E-state index contributed by atoms with van der Waals surface area (Å²) in [5, 5.41) is 3.32. The fourth-order valence-corrected chi connectivity index (χ4v) is 3.72. The number of rotatable bonds is 2. The Morgan fingerprint density at radius 3 is 2.73 bits per heavy atom.